The summed E-state index contributed by atoms with van der Waals surface area (Å²) in [5.41, 5.74) is 0.335. The molecule has 0 saturated heterocycles. The molecule has 0 aromatic heterocycles. The maximum Gasteiger partial charge on any atom is 0.277 e. The fourth-order valence-electron chi connectivity index (χ4n) is 1.19. The Morgan fingerprint density at radius 2 is 1.87 bits per heavy atom. The van der Waals surface area contributed by atoms with Gasteiger partial charge in [-0.1, -0.05) is 0 Å². The minimum atomic E-state index is -0.500. The Labute approximate surface area is 91.7 Å². The summed E-state index contributed by atoms with van der Waals surface area (Å²) < 4.78 is 9.96. The van der Waals surface area contributed by atoms with E-state index in [0.717, 1.165) is 0 Å². The third kappa shape index (κ3) is 2.30. The van der Waals surface area contributed by atoms with Crippen molar-refractivity contribution < 1.29 is 14.4 Å². The molecule has 0 aliphatic carbocycles. The van der Waals surface area contributed by atoms with Crippen LogP contribution in [-0.4, -0.2) is 19.1 Å². The topological polar surface area (TPSA) is 61.6 Å². The number of nitro benzene ring substituents is 1. The van der Waals surface area contributed by atoms with Gasteiger partial charge in [0.1, 0.15) is 0 Å². The largest absolute Gasteiger partial charge is 0.493 e. The Bertz CT molecular complexity index is 381. The van der Waals surface area contributed by atoms with Gasteiger partial charge in [-0.15, -0.1) is 11.6 Å². The van der Waals surface area contributed by atoms with Crippen molar-refractivity contribution in [2.75, 3.05) is 14.2 Å². The molecule has 0 bridgehead atoms. The van der Waals surface area contributed by atoms with Crippen LogP contribution < -0.4 is 9.47 Å². The molecule has 82 valence electrons. The summed E-state index contributed by atoms with van der Waals surface area (Å²) in [5, 5.41) is 10.7. The summed E-state index contributed by atoms with van der Waals surface area (Å²) in [6.45, 7) is 0. The highest BCUT2D eigenvalue weighted by Gasteiger charge is 2.18. The normalized spacial score (nSPS) is 9.80. The van der Waals surface area contributed by atoms with Crippen LogP contribution in [0.4, 0.5) is 5.69 Å². The number of alkyl halides is 1. The maximum atomic E-state index is 10.7. The Morgan fingerprint density at radius 1 is 1.33 bits per heavy atom. The monoisotopic (exact) mass is 231 g/mol. The third-order valence-corrected chi connectivity index (χ3v) is 2.21. The first-order valence-electron chi connectivity index (χ1n) is 4.09. The molecule has 0 fully saturated rings. The first-order valence-corrected chi connectivity index (χ1v) is 4.62. The summed E-state index contributed by atoms with van der Waals surface area (Å²) in [6, 6.07) is 2.81. The van der Waals surface area contributed by atoms with Gasteiger partial charge in [-0.2, -0.15) is 0 Å². The molecule has 1 aromatic carbocycles. The number of methoxy groups -OCH3 is 2. The number of benzene rings is 1. The van der Waals surface area contributed by atoms with Crippen LogP contribution in [0.3, 0.4) is 0 Å². The van der Waals surface area contributed by atoms with Crippen LogP contribution in [-0.2, 0) is 5.88 Å². The standard InChI is InChI=1S/C9H10ClNO4/c1-14-8-3-6(5-10)7(11(12)13)4-9(8)15-2/h3-4H,5H2,1-2H3. The zero-order valence-electron chi connectivity index (χ0n) is 8.32. The molecule has 0 N–H and O–H groups in total. The number of hydrogen-bond donors (Lipinski definition) is 0. The van der Waals surface area contributed by atoms with E-state index in [9.17, 15) is 10.1 Å². The molecule has 0 amide bonds. The van der Waals surface area contributed by atoms with E-state index in [1.54, 1.807) is 0 Å². The van der Waals surface area contributed by atoms with Crippen LogP contribution in [0.25, 0.3) is 0 Å². The van der Waals surface area contributed by atoms with Gasteiger partial charge in [0.2, 0.25) is 0 Å². The molecule has 15 heavy (non-hydrogen) atoms. The summed E-state index contributed by atoms with van der Waals surface area (Å²) in [6.07, 6.45) is 0. The predicted octanol–water partition coefficient (Wildman–Crippen LogP) is 2.35. The van der Waals surface area contributed by atoms with E-state index in [4.69, 9.17) is 21.1 Å². The van der Waals surface area contributed by atoms with Crippen LogP contribution in [0.1, 0.15) is 5.56 Å². The van der Waals surface area contributed by atoms with Crippen LogP contribution in [0.2, 0.25) is 0 Å². The van der Waals surface area contributed by atoms with Crippen LogP contribution in [0.5, 0.6) is 11.5 Å². The van der Waals surface area contributed by atoms with E-state index in [0.29, 0.717) is 17.1 Å². The van der Waals surface area contributed by atoms with E-state index in [2.05, 4.69) is 0 Å². The zero-order chi connectivity index (χ0) is 11.4. The van der Waals surface area contributed by atoms with Gasteiger partial charge in [-0.25, -0.2) is 0 Å². The minimum Gasteiger partial charge on any atom is -0.493 e. The maximum absolute atomic E-state index is 10.7. The van der Waals surface area contributed by atoms with Gasteiger partial charge in [0.15, 0.2) is 11.5 Å². The molecule has 0 atom stereocenters. The lowest BCUT2D eigenvalue weighted by atomic mass is 10.2. The second kappa shape index (κ2) is 4.84. The molecular formula is C9H10ClNO4. The molecule has 0 radical (unpaired) electrons. The summed E-state index contributed by atoms with van der Waals surface area (Å²) in [4.78, 5) is 10.2. The van der Waals surface area contributed by atoms with E-state index < -0.39 is 4.92 Å². The van der Waals surface area contributed by atoms with Crippen molar-refractivity contribution in [3.8, 4) is 11.5 Å². The number of ether oxygens (including phenoxy) is 2. The smallest absolute Gasteiger partial charge is 0.277 e. The second-order valence-corrected chi connectivity index (χ2v) is 2.99. The van der Waals surface area contributed by atoms with Crippen LogP contribution in [0, 0.1) is 10.1 Å². The molecular weight excluding hydrogens is 222 g/mol. The van der Waals surface area contributed by atoms with Gasteiger partial charge in [0.05, 0.1) is 31.1 Å². The summed E-state index contributed by atoms with van der Waals surface area (Å²) >= 11 is 5.60. The van der Waals surface area contributed by atoms with Crippen molar-refractivity contribution in [2.45, 2.75) is 5.88 Å². The van der Waals surface area contributed by atoms with E-state index >= 15 is 0 Å². The molecule has 1 rings (SSSR count). The first kappa shape index (κ1) is 11.6. The molecule has 0 unspecified atom stereocenters. The summed E-state index contributed by atoms with van der Waals surface area (Å²) in [5.74, 6) is 0.799. The van der Waals surface area contributed by atoms with Gasteiger partial charge in [-0.3, -0.25) is 10.1 Å². The van der Waals surface area contributed by atoms with Crippen LogP contribution >= 0.6 is 11.6 Å². The highest BCUT2D eigenvalue weighted by Crippen LogP contribution is 2.34. The lowest BCUT2D eigenvalue weighted by Crippen LogP contribution is -1.97. The predicted molar refractivity (Wildman–Crippen MR) is 55.8 cm³/mol. The molecule has 0 saturated carbocycles. The second-order valence-electron chi connectivity index (χ2n) is 2.73. The van der Waals surface area contributed by atoms with Crippen molar-refractivity contribution in [1.82, 2.24) is 0 Å². The molecule has 0 aliphatic heterocycles. The third-order valence-electron chi connectivity index (χ3n) is 1.93. The first-order chi connectivity index (χ1) is 7.13. The fourth-order valence-corrected chi connectivity index (χ4v) is 1.40. The Hall–Kier alpha value is -1.49. The Kier molecular flexibility index (Phi) is 3.74. The Balaban J connectivity index is 3.34. The van der Waals surface area contributed by atoms with Crippen molar-refractivity contribution >= 4 is 17.3 Å². The highest BCUT2D eigenvalue weighted by molar-refractivity contribution is 6.17. The Morgan fingerprint density at radius 3 is 2.27 bits per heavy atom. The minimum absolute atomic E-state index is 0.0522. The summed E-state index contributed by atoms with van der Waals surface area (Å²) in [7, 11) is 2.88. The van der Waals surface area contributed by atoms with Gasteiger partial charge >= 0.3 is 0 Å². The number of nitro groups is 1. The fraction of sp³-hybridized carbons (Fsp3) is 0.333. The molecule has 5 nitrogen and oxygen atoms in total. The van der Waals surface area contributed by atoms with Crippen molar-refractivity contribution in [3.05, 3.63) is 27.8 Å². The SMILES string of the molecule is COc1cc(CCl)c([N+](=O)[O-])cc1OC. The average Bonchev–Trinajstić information content (AvgIpc) is 2.26. The molecule has 0 heterocycles. The lowest BCUT2D eigenvalue weighted by molar-refractivity contribution is -0.385. The zero-order valence-corrected chi connectivity index (χ0v) is 9.08. The van der Waals surface area contributed by atoms with Crippen molar-refractivity contribution in [2.24, 2.45) is 0 Å². The van der Waals surface area contributed by atoms with Gasteiger partial charge < -0.3 is 9.47 Å². The van der Waals surface area contributed by atoms with Gasteiger partial charge in [-0.05, 0) is 6.07 Å². The number of halogens is 1. The molecule has 6 heteroatoms. The quantitative estimate of drug-likeness (QED) is 0.453. The molecule has 0 aliphatic rings. The van der Waals surface area contributed by atoms with E-state index in [1.165, 1.54) is 26.4 Å². The van der Waals surface area contributed by atoms with E-state index in [1.807, 2.05) is 0 Å². The van der Waals surface area contributed by atoms with Crippen molar-refractivity contribution in [3.63, 3.8) is 0 Å². The molecule has 1 aromatic rings. The molecule has 0 spiro atoms. The van der Waals surface area contributed by atoms with Gasteiger partial charge in [0, 0.05) is 5.56 Å². The number of nitrogens with zero attached hydrogens (tertiary/aromatic N) is 1. The van der Waals surface area contributed by atoms with E-state index in [-0.39, 0.29) is 11.6 Å². The number of rotatable bonds is 4. The average molecular weight is 232 g/mol. The van der Waals surface area contributed by atoms with Crippen molar-refractivity contribution in [1.29, 1.82) is 0 Å². The van der Waals surface area contributed by atoms with Crippen LogP contribution in [0.15, 0.2) is 12.1 Å². The number of hydrogen-bond acceptors (Lipinski definition) is 4. The van der Waals surface area contributed by atoms with Gasteiger partial charge in [0.25, 0.3) is 5.69 Å². The highest BCUT2D eigenvalue weighted by atomic mass is 35.5. The lowest BCUT2D eigenvalue weighted by Gasteiger charge is -2.08.